The maximum absolute atomic E-state index is 14.7. The number of aromatic nitrogens is 5. The summed E-state index contributed by atoms with van der Waals surface area (Å²) in [7, 11) is 0. The molecular formula is C61H37N5O2. The van der Waals surface area contributed by atoms with Crippen LogP contribution in [-0.2, 0) is 0 Å². The van der Waals surface area contributed by atoms with Crippen LogP contribution < -0.4 is 5.63 Å². The summed E-state index contributed by atoms with van der Waals surface area (Å²) in [6.45, 7) is 0. The normalized spacial score (nSPS) is 11.9. The van der Waals surface area contributed by atoms with Crippen molar-refractivity contribution in [2.75, 3.05) is 0 Å². The van der Waals surface area contributed by atoms with Gasteiger partial charge in [0.1, 0.15) is 0 Å². The molecule has 0 fully saturated rings. The van der Waals surface area contributed by atoms with Gasteiger partial charge in [-0.05, 0) is 48.5 Å². The van der Waals surface area contributed by atoms with Crippen LogP contribution in [0.5, 0.6) is 0 Å². The third kappa shape index (κ3) is 5.63. The smallest absolute Gasteiger partial charge is 0.336 e. The van der Waals surface area contributed by atoms with Crippen molar-refractivity contribution in [3.05, 3.63) is 235 Å². The number of rotatable bonds is 6. The molecule has 0 atom stereocenters. The predicted octanol–water partition coefficient (Wildman–Crippen LogP) is 14.9. The van der Waals surface area contributed by atoms with Crippen LogP contribution in [0.4, 0.5) is 0 Å². The molecule has 0 bridgehead atoms. The summed E-state index contributed by atoms with van der Waals surface area (Å²) in [5, 5.41) is 7.38. The van der Waals surface area contributed by atoms with Crippen molar-refractivity contribution in [1.29, 1.82) is 0 Å². The molecule has 0 aliphatic rings. The third-order valence-corrected chi connectivity index (χ3v) is 13.5. The Kier molecular flexibility index (Phi) is 8.30. The highest BCUT2D eigenvalue weighted by Crippen LogP contribution is 2.47. The molecule has 14 aromatic rings. The van der Waals surface area contributed by atoms with Gasteiger partial charge in [-0.3, -0.25) is 0 Å². The van der Waals surface area contributed by atoms with Crippen molar-refractivity contribution >= 4 is 76.4 Å². The van der Waals surface area contributed by atoms with E-state index in [2.05, 4.69) is 177 Å². The van der Waals surface area contributed by atoms with Gasteiger partial charge in [-0.25, -0.2) is 14.8 Å². The highest BCUT2D eigenvalue weighted by molar-refractivity contribution is 6.17. The van der Waals surface area contributed by atoms with E-state index in [0.29, 0.717) is 22.7 Å². The van der Waals surface area contributed by atoms with Crippen molar-refractivity contribution in [2.24, 2.45) is 0 Å². The zero-order chi connectivity index (χ0) is 44.9. The lowest BCUT2D eigenvalue weighted by molar-refractivity contribution is 0.560. The van der Waals surface area contributed by atoms with E-state index >= 15 is 0 Å². The van der Waals surface area contributed by atoms with Gasteiger partial charge in [0.05, 0.1) is 66.9 Å². The number of fused-ring (bicyclic) bond motifs is 10. The van der Waals surface area contributed by atoms with Gasteiger partial charge in [-0.15, -0.1) is 0 Å². The lowest BCUT2D eigenvalue weighted by atomic mass is 9.99. The third-order valence-electron chi connectivity index (χ3n) is 13.5. The summed E-state index contributed by atoms with van der Waals surface area (Å²) < 4.78 is 13.8. The molecule has 0 saturated heterocycles. The largest absolute Gasteiger partial charge is 0.420 e. The van der Waals surface area contributed by atoms with Gasteiger partial charge in [-0.2, -0.15) is 0 Å². The van der Waals surface area contributed by atoms with Gasteiger partial charge < -0.3 is 18.1 Å². The average molecular weight is 872 g/mol. The van der Waals surface area contributed by atoms with E-state index in [9.17, 15) is 4.79 Å². The van der Waals surface area contributed by atoms with Gasteiger partial charge in [0.25, 0.3) is 0 Å². The predicted molar refractivity (Wildman–Crippen MR) is 277 cm³/mol. The van der Waals surface area contributed by atoms with Crippen molar-refractivity contribution in [1.82, 2.24) is 23.7 Å². The maximum Gasteiger partial charge on any atom is 0.336 e. The Morgan fingerprint density at radius 3 is 1.21 bits per heavy atom. The minimum Gasteiger partial charge on any atom is -0.420 e. The summed E-state index contributed by atoms with van der Waals surface area (Å²) in [5.74, 6) is 0.544. The summed E-state index contributed by atoms with van der Waals surface area (Å²) in [6.07, 6.45) is 0. The van der Waals surface area contributed by atoms with Crippen LogP contribution in [0.15, 0.2) is 234 Å². The zero-order valence-electron chi connectivity index (χ0n) is 36.4. The van der Waals surface area contributed by atoms with E-state index in [1.807, 2.05) is 54.6 Å². The molecule has 0 spiro atoms. The Bertz CT molecular complexity index is 4190. The summed E-state index contributed by atoms with van der Waals surface area (Å²) >= 11 is 0. The van der Waals surface area contributed by atoms with Crippen molar-refractivity contribution in [3.8, 4) is 51.0 Å². The second-order valence-electron chi connectivity index (χ2n) is 17.2. The quantitative estimate of drug-likeness (QED) is 0.156. The van der Waals surface area contributed by atoms with Gasteiger partial charge in [0.2, 0.25) is 0 Å². The zero-order valence-corrected chi connectivity index (χ0v) is 36.4. The highest BCUT2D eigenvalue weighted by atomic mass is 16.4. The van der Waals surface area contributed by atoms with Crippen LogP contribution >= 0.6 is 0 Å². The van der Waals surface area contributed by atoms with Crippen molar-refractivity contribution in [2.45, 2.75) is 0 Å². The molecule has 9 aromatic carbocycles. The first-order chi connectivity index (χ1) is 33.7. The Morgan fingerprint density at radius 2 is 0.735 bits per heavy atom. The Labute approximate surface area is 388 Å². The summed E-state index contributed by atoms with van der Waals surface area (Å²) in [4.78, 5) is 25.3. The van der Waals surface area contributed by atoms with E-state index < -0.39 is 5.63 Å². The minimum atomic E-state index is -0.492. The number of nitrogens with zero attached hydrogens (tertiary/aromatic N) is 5. The number of benzene rings is 9. The molecule has 0 aliphatic carbocycles. The van der Waals surface area contributed by atoms with Crippen LogP contribution in [-0.4, -0.2) is 23.7 Å². The summed E-state index contributed by atoms with van der Waals surface area (Å²) in [6, 6.07) is 77.3. The number of hydrogen-bond acceptors (Lipinski definition) is 4. The van der Waals surface area contributed by atoms with E-state index in [1.165, 1.54) is 0 Å². The maximum atomic E-state index is 14.7. The van der Waals surface area contributed by atoms with Crippen molar-refractivity contribution in [3.63, 3.8) is 0 Å². The molecule has 7 nitrogen and oxygen atoms in total. The first-order valence-electron chi connectivity index (χ1n) is 22.8. The van der Waals surface area contributed by atoms with Crippen LogP contribution in [0, 0.1) is 0 Å². The topological polar surface area (TPSA) is 70.8 Å². The van der Waals surface area contributed by atoms with Crippen molar-refractivity contribution < 1.29 is 4.42 Å². The van der Waals surface area contributed by atoms with E-state index in [1.54, 1.807) is 6.07 Å². The van der Waals surface area contributed by atoms with E-state index in [-0.39, 0.29) is 0 Å². The second kappa shape index (κ2) is 14.9. The molecule has 7 heteroatoms. The van der Waals surface area contributed by atoms with E-state index in [4.69, 9.17) is 14.4 Å². The van der Waals surface area contributed by atoms with Gasteiger partial charge in [0.15, 0.2) is 11.4 Å². The summed E-state index contributed by atoms with van der Waals surface area (Å²) in [5.41, 5.74) is 12.2. The molecule has 0 radical (unpaired) electrons. The molecule has 5 aromatic heterocycles. The first kappa shape index (κ1) is 38.0. The number of hydrogen-bond donors (Lipinski definition) is 0. The number of para-hydroxylation sites is 6. The molecule has 68 heavy (non-hydrogen) atoms. The minimum absolute atomic E-state index is 0.432. The standard InChI is InChI=1S/C61H37N5O2/c67-57-35-46(48-36-47(38-19-3-1-4-20-38)62-61(63-48)39-21-5-2-6-22-39)58-59(66-53-33-17-11-27-44(53)45-28-12-18-34-54(45)66)55(64-49-29-13-7-23-40(49)41-24-8-14-30-50(41)64)37-56(60(58)68-57)65-51-31-15-9-25-42(51)43-26-10-16-32-52(43)65/h1-37H. The Hall–Kier alpha value is -9.33. The monoisotopic (exact) mass is 871 g/mol. The molecule has 0 aliphatic heterocycles. The fourth-order valence-corrected chi connectivity index (χ4v) is 10.7. The van der Waals surface area contributed by atoms with Gasteiger partial charge in [0, 0.05) is 55.1 Å². The molecule has 0 unspecified atom stereocenters. The average Bonchev–Trinajstić information content (AvgIpc) is 4.04. The van der Waals surface area contributed by atoms with Crippen LogP contribution in [0.3, 0.4) is 0 Å². The molecule has 318 valence electrons. The molecule has 0 N–H and O–H groups in total. The molecule has 14 rings (SSSR count). The SMILES string of the molecule is O=c1cc(-c2cc(-c3ccccc3)nc(-c3ccccc3)n2)c2c(-n3c4ccccc4c4ccccc43)c(-n3c4ccccc4c4ccccc43)cc(-n3c4ccccc4c4ccccc43)c2o1. The van der Waals surface area contributed by atoms with Crippen LogP contribution in [0.2, 0.25) is 0 Å². The van der Waals surface area contributed by atoms with Crippen LogP contribution in [0.25, 0.3) is 127 Å². The molecule has 0 saturated carbocycles. The fraction of sp³-hybridized carbons (Fsp3) is 0. The molecule has 5 heterocycles. The fourth-order valence-electron chi connectivity index (χ4n) is 10.7. The Morgan fingerprint density at radius 1 is 0.353 bits per heavy atom. The first-order valence-corrected chi connectivity index (χ1v) is 22.8. The van der Waals surface area contributed by atoms with Gasteiger partial charge in [-0.1, -0.05) is 170 Å². The highest BCUT2D eigenvalue weighted by Gasteiger charge is 2.29. The molecule has 0 amide bonds. The molecular weight excluding hydrogens is 835 g/mol. The van der Waals surface area contributed by atoms with Crippen LogP contribution in [0.1, 0.15) is 0 Å². The lowest BCUT2D eigenvalue weighted by Crippen LogP contribution is -2.11. The van der Waals surface area contributed by atoms with Gasteiger partial charge >= 0.3 is 5.63 Å². The second-order valence-corrected chi connectivity index (χ2v) is 17.2. The lowest BCUT2D eigenvalue weighted by Gasteiger charge is -2.23. The van der Waals surface area contributed by atoms with E-state index in [0.717, 1.165) is 105 Å². The Balaban J connectivity index is 1.26.